The van der Waals surface area contributed by atoms with Crippen LogP contribution in [0.25, 0.3) is 0 Å². The Morgan fingerprint density at radius 1 is 1.40 bits per heavy atom. The highest BCUT2D eigenvalue weighted by atomic mass is 16.5. The largest absolute Gasteiger partial charge is 0.491 e. The summed E-state index contributed by atoms with van der Waals surface area (Å²) in [7, 11) is 1.25. The lowest BCUT2D eigenvalue weighted by Crippen LogP contribution is -2.63. The van der Waals surface area contributed by atoms with E-state index in [1.165, 1.54) is 17.9 Å². The molecule has 9 nitrogen and oxygen atoms in total. The van der Waals surface area contributed by atoms with Crippen molar-refractivity contribution in [3.05, 3.63) is 27.7 Å². The fraction of sp³-hybridized carbons (Fsp3) is 0.562. The van der Waals surface area contributed by atoms with Gasteiger partial charge in [-0.25, -0.2) is 4.79 Å². The Bertz CT molecular complexity index is 829. The predicted molar refractivity (Wildman–Crippen MR) is 83.0 cm³/mol. The third-order valence-electron chi connectivity index (χ3n) is 5.21. The zero-order chi connectivity index (χ0) is 17.9. The zero-order valence-electron chi connectivity index (χ0n) is 13.9. The van der Waals surface area contributed by atoms with Crippen LogP contribution in [0.3, 0.4) is 0 Å². The van der Waals surface area contributed by atoms with Gasteiger partial charge in [-0.2, -0.15) is 0 Å². The number of fused-ring (bicyclic) bond motifs is 2. The van der Waals surface area contributed by atoms with Crippen molar-refractivity contribution < 1.29 is 28.9 Å². The van der Waals surface area contributed by atoms with E-state index in [9.17, 15) is 19.5 Å². The normalized spacial score (nSPS) is 30.5. The lowest BCUT2D eigenvalue weighted by atomic mass is 9.91. The Morgan fingerprint density at radius 3 is 2.84 bits per heavy atom. The van der Waals surface area contributed by atoms with Crippen LogP contribution in [0, 0.1) is 0 Å². The maximum Gasteiger partial charge on any atom is 0.341 e. The van der Waals surface area contributed by atoms with E-state index in [-0.39, 0.29) is 24.1 Å². The SMILES string of the molecule is COc1c2n(cc(C(=O)O)c1=O)[C@H]1COCC[C@]13OC[C@@H](C)N3C2=O. The van der Waals surface area contributed by atoms with E-state index in [4.69, 9.17) is 14.2 Å². The number of carboxylic acid groups (broad SMARTS) is 1. The molecule has 4 rings (SSSR count). The van der Waals surface area contributed by atoms with Gasteiger partial charge in [0.05, 0.1) is 33.0 Å². The van der Waals surface area contributed by atoms with Gasteiger partial charge in [0.25, 0.3) is 5.91 Å². The Kier molecular flexibility index (Phi) is 3.41. The third-order valence-corrected chi connectivity index (χ3v) is 5.21. The van der Waals surface area contributed by atoms with Gasteiger partial charge in [-0.1, -0.05) is 0 Å². The van der Waals surface area contributed by atoms with Crippen LogP contribution in [0.2, 0.25) is 0 Å². The molecule has 0 aromatic carbocycles. The van der Waals surface area contributed by atoms with Crippen molar-refractivity contribution in [1.29, 1.82) is 0 Å². The van der Waals surface area contributed by atoms with Crippen molar-refractivity contribution in [2.45, 2.75) is 31.2 Å². The van der Waals surface area contributed by atoms with Crippen LogP contribution in [0.5, 0.6) is 5.75 Å². The number of hydrogen-bond acceptors (Lipinski definition) is 6. The molecule has 0 radical (unpaired) electrons. The lowest BCUT2D eigenvalue weighted by molar-refractivity contribution is -0.172. The Hall–Kier alpha value is -2.39. The number of nitrogens with zero attached hydrogens (tertiary/aromatic N) is 2. The highest BCUT2D eigenvalue weighted by Crippen LogP contribution is 2.47. The van der Waals surface area contributed by atoms with Gasteiger partial charge in [-0.15, -0.1) is 0 Å². The highest BCUT2D eigenvalue weighted by Gasteiger charge is 2.60. The van der Waals surface area contributed by atoms with Gasteiger partial charge in [-0.05, 0) is 6.92 Å². The van der Waals surface area contributed by atoms with E-state index in [0.717, 1.165) is 0 Å². The summed E-state index contributed by atoms with van der Waals surface area (Å²) >= 11 is 0. The van der Waals surface area contributed by atoms with Crippen molar-refractivity contribution in [2.75, 3.05) is 26.9 Å². The second kappa shape index (κ2) is 5.30. The molecular formula is C16H18N2O7. The number of ether oxygens (including phenoxy) is 3. The van der Waals surface area contributed by atoms with E-state index in [0.29, 0.717) is 19.6 Å². The van der Waals surface area contributed by atoms with Crippen LogP contribution < -0.4 is 10.2 Å². The maximum atomic E-state index is 13.2. The first kappa shape index (κ1) is 16.1. The molecule has 25 heavy (non-hydrogen) atoms. The Balaban J connectivity index is 2.04. The first-order valence-corrected chi connectivity index (χ1v) is 8.04. The molecular weight excluding hydrogens is 332 g/mol. The number of rotatable bonds is 2. The summed E-state index contributed by atoms with van der Waals surface area (Å²) in [5, 5.41) is 9.35. The quantitative estimate of drug-likeness (QED) is 0.805. The minimum atomic E-state index is -1.38. The number of amides is 1. The summed E-state index contributed by atoms with van der Waals surface area (Å²) in [6.07, 6.45) is 1.68. The number of carbonyl (C=O) groups is 2. The maximum absolute atomic E-state index is 13.2. The first-order chi connectivity index (χ1) is 11.9. The molecule has 134 valence electrons. The summed E-state index contributed by atoms with van der Waals surface area (Å²) in [4.78, 5) is 38.7. The fourth-order valence-electron chi connectivity index (χ4n) is 4.13. The average Bonchev–Trinajstić information content (AvgIpc) is 2.91. The lowest BCUT2D eigenvalue weighted by Gasteiger charge is -2.51. The van der Waals surface area contributed by atoms with E-state index in [2.05, 4.69) is 0 Å². The van der Waals surface area contributed by atoms with Gasteiger partial charge >= 0.3 is 5.97 Å². The molecule has 3 aliphatic heterocycles. The van der Waals surface area contributed by atoms with E-state index in [1.54, 1.807) is 4.90 Å². The molecule has 1 aromatic heterocycles. The van der Waals surface area contributed by atoms with Crippen LogP contribution in [0.15, 0.2) is 11.0 Å². The second-order valence-electron chi connectivity index (χ2n) is 6.49. The van der Waals surface area contributed by atoms with Crippen LogP contribution in [-0.2, 0) is 9.47 Å². The topological polar surface area (TPSA) is 107 Å². The molecule has 2 fully saturated rings. The summed E-state index contributed by atoms with van der Waals surface area (Å²) in [6.45, 7) is 2.93. The minimum absolute atomic E-state index is 0.0426. The number of hydrogen-bond donors (Lipinski definition) is 1. The van der Waals surface area contributed by atoms with Gasteiger partial charge in [0, 0.05) is 12.6 Å². The fourth-order valence-corrected chi connectivity index (χ4v) is 4.13. The minimum Gasteiger partial charge on any atom is -0.491 e. The van der Waals surface area contributed by atoms with Gasteiger partial charge < -0.3 is 28.8 Å². The molecule has 1 N–H and O–H groups in total. The van der Waals surface area contributed by atoms with E-state index >= 15 is 0 Å². The highest BCUT2D eigenvalue weighted by molar-refractivity contribution is 5.98. The smallest absolute Gasteiger partial charge is 0.341 e. The predicted octanol–water partition coefficient (Wildman–Crippen LogP) is 0.0873. The molecule has 0 aliphatic carbocycles. The number of carbonyl (C=O) groups excluding carboxylic acids is 1. The molecule has 1 amide bonds. The van der Waals surface area contributed by atoms with E-state index < -0.39 is 34.6 Å². The average molecular weight is 350 g/mol. The third kappa shape index (κ3) is 1.93. The van der Waals surface area contributed by atoms with Crippen LogP contribution in [-0.4, -0.2) is 65.1 Å². The van der Waals surface area contributed by atoms with Crippen molar-refractivity contribution in [2.24, 2.45) is 0 Å². The van der Waals surface area contributed by atoms with Crippen LogP contribution in [0.4, 0.5) is 0 Å². The first-order valence-electron chi connectivity index (χ1n) is 8.04. The number of pyridine rings is 1. The monoisotopic (exact) mass is 350 g/mol. The number of carboxylic acids is 1. The molecule has 3 aliphatic rings. The summed E-state index contributed by atoms with van der Waals surface area (Å²) in [6, 6.07) is -0.618. The van der Waals surface area contributed by atoms with E-state index in [1.807, 2.05) is 6.92 Å². The molecule has 0 bridgehead atoms. The van der Waals surface area contributed by atoms with Crippen LogP contribution in [0.1, 0.15) is 40.2 Å². The molecule has 2 saturated heterocycles. The Labute approximate surface area is 142 Å². The molecule has 1 spiro atoms. The van der Waals surface area contributed by atoms with Gasteiger partial charge in [0.2, 0.25) is 5.43 Å². The second-order valence-corrected chi connectivity index (χ2v) is 6.49. The molecule has 1 aromatic rings. The number of methoxy groups -OCH3 is 1. The summed E-state index contributed by atoms with van der Waals surface area (Å²) in [5.41, 5.74) is -2.11. The molecule has 3 atom stereocenters. The summed E-state index contributed by atoms with van der Waals surface area (Å²) < 4.78 is 18.2. The van der Waals surface area contributed by atoms with Gasteiger partial charge in [0.15, 0.2) is 17.2 Å². The number of aromatic nitrogens is 1. The van der Waals surface area contributed by atoms with Crippen LogP contribution >= 0.6 is 0 Å². The Morgan fingerprint density at radius 2 is 2.16 bits per heavy atom. The van der Waals surface area contributed by atoms with Crippen molar-refractivity contribution in [3.63, 3.8) is 0 Å². The van der Waals surface area contributed by atoms with Crippen molar-refractivity contribution in [1.82, 2.24) is 9.47 Å². The molecule has 0 saturated carbocycles. The number of aromatic carboxylic acids is 1. The van der Waals surface area contributed by atoms with Crippen molar-refractivity contribution in [3.8, 4) is 5.75 Å². The van der Waals surface area contributed by atoms with Gasteiger partial charge in [-0.3, -0.25) is 9.59 Å². The van der Waals surface area contributed by atoms with Crippen molar-refractivity contribution >= 4 is 11.9 Å². The standard InChI is InChI=1S/C16H18N2O7/c1-8-6-25-16-3-4-24-7-10(16)17-5-9(15(21)22)12(19)13(23-2)11(17)14(20)18(8)16/h5,8,10H,3-4,6-7H2,1-2H3,(H,21,22)/t8-,10+,16+/m1/s1. The zero-order valence-corrected chi connectivity index (χ0v) is 13.9. The molecule has 0 unspecified atom stereocenters. The molecule has 4 heterocycles. The summed E-state index contributed by atoms with van der Waals surface area (Å²) in [5.74, 6) is -2.03. The van der Waals surface area contributed by atoms with Gasteiger partial charge in [0.1, 0.15) is 11.6 Å². The molecule has 9 heteroatoms.